The fourth-order valence-electron chi connectivity index (χ4n) is 1.53. The molecule has 1 rings (SSSR count). The first-order valence-corrected chi connectivity index (χ1v) is 5.89. The molecule has 0 bridgehead atoms. The molecule has 0 aromatic heterocycles. The Hall–Kier alpha value is -2.41. The molecule has 7 nitrogen and oxygen atoms in total. The minimum absolute atomic E-state index is 0.155. The molecule has 0 aliphatic heterocycles. The van der Waals surface area contributed by atoms with Gasteiger partial charge in [0.15, 0.2) is 0 Å². The second-order valence-electron chi connectivity index (χ2n) is 4.15. The van der Waals surface area contributed by atoms with Gasteiger partial charge in [-0.25, -0.2) is 4.79 Å². The van der Waals surface area contributed by atoms with E-state index in [-0.39, 0.29) is 25.0 Å². The molecule has 108 valence electrons. The van der Waals surface area contributed by atoms with Crippen molar-refractivity contribution in [3.8, 4) is 0 Å². The summed E-state index contributed by atoms with van der Waals surface area (Å²) in [4.78, 5) is 33.2. The topological polar surface area (TPSA) is 124 Å². The first-order valence-electron chi connectivity index (χ1n) is 5.89. The highest BCUT2D eigenvalue weighted by atomic mass is 16.4. The van der Waals surface area contributed by atoms with Crippen LogP contribution < -0.4 is 5.32 Å². The Kier molecular flexibility index (Phi) is 5.67. The number of carbonyl (C=O) groups is 3. The molecule has 20 heavy (non-hydrogen) atoms. The molecule has 0 radical (unpaired) electrons. The molecule has 0 heterocycles. The second kappa shape index (κ2) is 7.25. The minimum atomic E-state index is -1.29. The second-order valence-corrected chi connectivity index (χ2v) is 4.15. The lowest BCUT2D eigenvalue weighted by Crippen LogP contribution is -2.41. The van der Waals surface area contributed by atoms with Gasteiger partial charge in [-0.3, -0.25) is 9.59 Å². The Balaban J connectivity index is 2.69. The molecule has 1 aromatic carbocycles. The van der Waals surface area contributed by atoms with Crippen molar-refractivity contribution >= 4 is 17.8 Å². The van der Waals surface area contributed by atoms with E-state index in [2.05, 4.69) is 5.32 Å². The van der Waals surface area contributed by atoms with Gasteiger partial charge >= 0.3 is 11.9 Å². The highest BCUT2D eigenvalue weighted by Crippen LogP contribution is 2.06. The number of aliphatic carboxylic acids is 2. The summed E-state index contributed by atoms with van der Waals surface area (Å²) in [6.07, 6.45) is -0.536. The average molecular weight is 281 g/mol. The van der Waals surface area contributed by atoms with Crippen LogP contribution in [0, 0.1) is 0 Å². The third kappa shape index (κ3) is 4.69. The number of rotatable bonds is 7. The maximum Gasteiger partial charge on any atom is 0.326 e. The van der Waals surface area contributed by atoms with Crippen molar-refractivity contribution in [2.24, 2.45) is 0 Å². The quantitative estimate of drug-likeness (QED) is 0.567. The zero-order chi connectivity index (χ0) is 15.1. The van der Waals surface area contributed by atoms with E-state index < -0.39 is 23.9 Å². The predicted octanol–water partition coefficient (Wildman–Crippen LogP) is 0.227. The summed E-state index contributed by atoms with van der Waals surface area (Å²) in [5.74, 6) is -3.02. The lowest BCUT2D eigenvalue weighted by Gasteiger charge is -2.13. The third-order valence-corrected chi connectivity index (χ3v) is 2.65. The standard InChI is InChI=1S/C13H15NO6/c15-7-8-1-3-9(4-2-8)12(18)14-10(13(19)20)5-6-11(16)17/h1-4,10,15H,5-7H2,(H,14,18)(H,16,17)(H,19,20)/t10-/m0/s1. The fraction of sp³-hybridized carbons (Fsp3) is 0.308. The molecule has 1 aromatic rings. The van der Waals surface area contributed by atoms with Crippen molar-refractivity contribution in [1.29, 1.82) is 0 Å². The monoisotopic (exact) mass is 281 g/mol. The van der Waals surface area contributed by atoms with Crippen LogP contribution in [0.25, 0.3) is 0 Å². The van der Waals surface area contributed by atoms with Gasteiger partial charge in [-0.15, -0.1) is 0 Å². The van der Waals surface area contributed by atoms with Gasteiger partial charge in [0, 0.05) is 12.0 Å². The van der Waals surface area contributed by atoms with Crippen LogP contribution in [0.4, 0.5) is 0 Å². The molecule has 7 heteroatoms. The molecule has 0 fully saturated rings. The summed E-state index contributed by atoms with van der Waals surface area (Å²) in [7, 11) is 0. The Morgan fingerprint density at radius 2 is 1.70 bits per heavy atom. The van der Waals surface area contributed by atoms with E-state index in [1.807, 2.05) is 0 Å². The summed E-state index contributed by atoms with van der Waals surface area (Å²) >= 11 is 0. The van der Waals surface area contributed by atoms with Gasteiger partial charge < -0.3 is 20.6 Å². The maximum atomic E-state index is 11.8. The lowest BCUT2D eigenvalue weighted by atomic mass is 10.1. The fourth-order valence-corrected chi connectivity index (χ4v) is 1.53. The van der Waals surface area contributed by atoms with Gasteiger partial charge in [-0.2, -0.15) is 0 Å². The third-order valence-electron chi connectivity index (χ3n) is 2.65. The number of hydrogen-bond donors (Lipinski definition) is 4. The van der Waals surface area contributed by atoms with Gasteiger partial charge in [0.1, 0.15) is 6.04 Å². The van der Waals surface area contributed by atoms with E-state index in [4.69, 9.17) is 15.3 Å². The number of hydrogen-bond acceptors (Lipinski definition) is 4. The van der Waals surface area contributed by atoms with Crippen LogP contribution in [0.1, 0.15) is 28.8 Å². The SMILES string of the molecule is O=C(O)CC[C@H](NC(=O)c1ccc(CO)cc1)C(=O)O. The summed E-state index contributed by atoms with van der Waals surface area (Å²) in [6.45, 7) is -0.155. The molecular weight excluding hydrogens is 266 g/mol. The summed E-state index contributed by atoms with van der Waals surface area (Å²) in [6, 6.07) is 4.74. The van der Waals surface area contributed by atoms with Gasteiger partial charge in [0.2, 0.25) is 0 Å². The van der Waals surface area contributed by atoms with Crippen molar-refractivity contribution in [3.63, 3.8) is 0 Å². The number of nitrogens with one attached hydrogen (secondary N) is 1. The molecular formula is C13H15NO6. The Bertz CT molecular complexity index is 496. The van der Waals surface area contributed by atoms with E-state index in [9.17, 15) is 14.4 Å². The van der Waals surface area contributed by atoms with E-state index >= 15 is 0 Å². The van der Waals surface area contributed by atoms with Crippen molar-refractivity contribution in [2.75, 3.05) is 0 Å². The highest BCUT2D eigenvalue weighted by molar-refractivity contribution is 5.96. The van der Waals surface area contributed by atoms with Gasteiger partial charge in [-0.1, -0.05) is 12.1 Å². The molecule has 1 atom stereocenters. The van der Waals surface area contributed by atoms with Crippen LogP contribution in [0.3, 0.4) is 0 Å². The molecule has 4 N–H and O–H groups in total. The van der Waals surface area contributed by atoms with Crippen LogP contribution >= 0.6 is 0 Å². The first kappa shape index (κ1) is 15.6. The van der Waals surface area contributed by atoms with E-state index in [0.29, 0.717) is 5.56 Å². The normalized spacial score (nSPS) is 11.7. The van der Waals surface area contributed by atoms with Crippen molar-refractivity contribution in [1.82, 2.24) is 5.32 Å². The Labute approximate surface area is 114 Å². The number of carboxylic acids is 2. The van der Waals surface area contributed by atoms with Crippen LogP contribution in [-0.2, 0) is 16.2 Å². The van der Waals surface area contributed by atoms with Crippen molar-refractivity contribution in [2.45, 2.75) is 25.5 Å². The largest absolute Gasteiger partial charge is 0.481 e. The number of carboxylic acid groups (broad SMARTS) is 2. The van der Waals surface area contributed by atoms with Crippen LogP contribution in [0.2, 0.25) is 0 Å². The zero-order valence-corrected chi connectivity index (χ0v) is 10.6. The zero-order valence-electron chi connectivity index (χ0n) is 10.6. The minimum Gasteiger partial charge on any atom is -0.481 e. The van der Waals surface area contributed by atoms with Crippen molar-refractivity contribution in [3.05, 3.63) is 35.4 Å². The van der Waals surface area contributed by atoms with E-state index in [1.54, 1.807) is 12.1 Å². The number of amides is 1. The maximum absolute atomic E-state index is 11.8. The van der Waals surface area contributed by atoms with Crippen LogP contribution in [0.5, 0.6) is 0 Å². The van der Waals surface area contributed by atoms with Crippen molar-refractivity contribution < 1.29 is 29.7 Å². The molecule has 0 saturated carbocycles. The van der Waals surface area contributed by atoms with Gasteiger partial charge in [0.05, 0.1) is 6.61 Å². The molecule has 1 amide bonds. The molecule has 0 unspecified atom stereocenters. The number of carbonyl (C=O) groups excluding carboxylic acids is 1. The summed E-state index contributed by atoms with van der Waals surface area (Å²) in [5.41, 5.74) is 0.867. The predicted molar refractivity (Wildman–Crippen MR) is 68.1 cm³/mol. The average Bonchev–Trinajstić information content (AvgIpc) is 2.42. The van der Waals surface area contributed by atoms with E-state index in [0.717, 1.165) is 0 Å². The number of aliphatic hydroxyl groups is 1. The van der Waals surface area contributed by atoms with Gasteiger partial charge in [0.25, 0.3) is 5.91 Å². The van der Waals surface area contributed by atoms with E-state index in [1.165, 1.54) is 12.1 Å². The number of aliphatic hydroxyl groups excluding tert-OH is 1. The smallest absolute Gasteiger partial charge is 0.326 e. The van der Waals surface area contributed by atoms with Crippen LogP contribution in [0.15, 0.2) is 24.3 Å². The lowest BCUT2D eigenvalue weighted by molar-refractivity contribution is -0.140. The number of benzene rings is 1. The summed E-state index contributed by atoms with van der Waals surface area (Å²) in [5, 5.41) is 28.6. The molecule has 0 saturated heterocycles. The Morgan fingerprint density at radius 3 is 2.15 bits per heavy atom. The van der Waals surface area contributed by atoms with Gasteiger partial charge in [-0.05, 0) is 24.1 Å². The first-order chi connectivity index (χ1) is 9.43. The molecule has 0 spiro atoms. The highest BCUT2D eigenvalue weighted by Gasteiger charge is 2.21. The molecule has 0 aliphatic rings. The summed E-state index contributed by atoms with van der Waals surface area (Å²) < 4.78 is 0. The Morgan fingerprint density at radius 1 is 1.10 bits per heavy atom. The van der Waals surface area contributed by atoms with Crippen LogP contribution in [-0.4, -0.2) is 39.2 Å². The molecule has 0 aliphatic carbocycles.